The van der Waals surface area contributed by atoms with Crippen molar-refractivity contribution in [2.24, 2.45) is 0 Å². The summed E-state index contributed by atoms with van der Waals surface area (Å²) in [7, 11) is 0. The molecule has 16 heavy (non-hydrogen) atoms. The van der Waals surface area contributed by atoms with Gasteiger partial charge in [-0.1, -0.05) is 18.2 Å². The number of nitrogens with zero attached hydrogens (tertiary/aromatic N) is 1. The zero-order valence-electron chi connectivity index (χ0n) is 8.59. The Labute approximate surface area is 93.5 Å². The van der Waals surface area contributed by atoms with Crippen molar-refractivity contribution in [2.75, 3.05) is 11.4 Å². The van der Waals surface area contributed by atoms with Crippen LogP contribution in [0.25, 0.3) is 0 Å². The highest BCUT2D eigenvalue weighted by Crippen LogP contribution is 2.13. The maximum absolute atomic E-state index is 11.4. The molecule has 0 saturated carbocycles. The Hall–Kier alpha value is -2.28. The summed E-state index contributed by atoms with van der Waals surface area (Å²) in [4.78, 5) is 23.2. The highest BCUT2D eigenvalue weighted by Gasteiger charge is 2.14. The standard InChI is InChI=1S/C12H11NO3/c1-2-11(14)13(9-8-12(15)16)10-6-4-3-5-7-10/h1,3-7H,8-9H2,(H,15,16). The average molecular weight is 217 g/mol. The van der Waals surface area contributed by atoms with Gasteiger partial charge < -0.3 is 10.0 Å². The zero-order valence-corrected chi connectivity index (χ0v) is 8.59. The average Bonchev–Trinajstić information content (AvgIpc) is 2.30. The summed E-state index contributed by atoms with van der Waals surface area (Å²) >= 11 is 0. The van der Waals surface area contributed by atoms with Crippen LogP contribution >= 0.6 is 0 Å². The second kappa shape index (κ2) is 5.56. The molecular weight excluding hydrogens is 206 g/mol. The molecule has 0 aliphatic heterocycles. The lowest BCUT2D eigenvalue weighted by molar-refractivity contribution is -0.136. The Morgan fingerprint density at radius 2 is 1.94 bits per heavy atom. The normalized spacial score (nSPS) is 9.19. The SMILES string of the molecule is C#CC(=O)N(CCC(=O)O)c1ccccc1. The van der Waals surface area contributed by atoms with Crippen LogP contribution in [-0.4, -0.2) is 23.5 Å². The summed E-state index contributed by atoms with van der Waals surface area (Å²) in [6.07, 6.45) is 4.89. The van der Waals surface area contributed by atoms with Crippen LogP contribution < -0.4 is 4.90 Å². The lowest BCUT2D eigenvalue weighted by Crippen LogP contribution is -2.31. The maximum Gasteiger partial charge on any atom is 0.305 e. The van der Waals surface area contributed by atoms with E-state index in [0.29, 0.717) is 5.69 Å². The third-order valence-corrected chi connectivity index (χ3v) is 1.99. The Morgan fingerprint density at radius 1 is 1.31 bits per heavy atom. The predicted molar refractivity (Wildman–Crippen MR) is 59.9 cm³/mol. The van der Waals surface area contributed by atoms with Crippen LogP contribution in [0.4, 0.5) is 5.69 Å². The monoisotopic (exact) mass is 217 g/mol. The summed E-state index contributed by atoms with van der Waals surface area (Å²) < 4.78 is 0. The number of rotatable bonds is 4. The molecule has 1 aromatic rings. The third kappa shape index (κ3) is 3.14. The number of terminal acetylenes is 1. The minimum atomic E-state index is -0.967. The Morgan fingerprint density at radius 3 is 2.44 bits per heavy atom. The Bertz CT molecular complexity index is 420. The van der Waals surface area contributed by atoms with Gasteiger partial charge in [-0.05, 0) is 18.1 Å². The first-order chi connectivity index (χ1) is 7.65. The predicted octanol–water partition coefficient (Wildman–Crippen LogP) is 1.13. The minimum Gasteiger partial charge on any atom is -0.481 e. The second-order valence-electron chi connectivity index (χ2n) is 3.08. The summed E-state index contributed by atoms with van der Waals surface area (Å²) in [5.74, 6) is 0.480. The van der Waals surface area contributed by atoms with Gasteiger partial charge >= 0.3 is 11.9 Å². The molecule has 0 heterocycles. The van der Waals surface area contributed by atoms with E-state index in [1.54, 1.807) is 30.3 Å². The van der Waals surface area contributed by atoms with E-state index in [9.17, 15) is 9.59 Å². The lowest BCUT2D eigenvalue weighted by Gasteiger charge is -2.19. The number of para-hydroxylation sites is 1. The van der Waals surface area contributed by atoms with Crippen molar-refractivity contribution in [2.45, 2.75) is 6.42 Å². The zero-order chi connectivity index (χ0) is 12.0. The van der Waals surface area contributed by atoms with Crippen LogP contribution in [0.3, 0.4) is 0 Å². The van der Waals surface area contributed by atoms with Gasteiger partial charge in [0.25, 0.3) is 0 Å². The number of benzene rings is 1. The van der Waals surface area contributed by atoms with E-state index in [1.807, 2.05) is 5.92 Å². The van der Waals surface area contributed by atoms with Crippen LogP contribution in [-0.2, 0) is 9.59 Å². The summed E-state index contributed by atoms with van der Waals surface area (Å²) in [6, 6.07) is 8.73. The summed E-state index contributed by atoms with van der Waals surface area (Å²) in [5.41, 5.74) is 0.603. The maximum atomic E-state index is 11.4. The molecule has 1 rings (SSSR count). The van der Waals surface area contributed by atoms with Crippen molar-refractivity contribution in [3.8, 4) is 12.3 Å². The van der Waals surface area contributed by atoms with Crippen molar-refractivity contribution in [1.29, 1.82) is 0 Å². The van der Waals surface area contributed by atoms with Crippen LogP contribution in [0.15, 0.2) is 30.3 Å². The smallest absolute Gasteiger partial charge is 0.305 e. The van der Waals surface area contributed by atoms with Crippen molar-refractivity contribution in [3.05, 3.63) is 30.3 Å². The van der Waals surface area contributed by atoms with Crippen molar-refractivity contribution in [1.82, 2.24) is 0 Å². The molecule has 0 aromatic heterocycles. The lowest BCUT2D eigenvalue weighted by atomic mass is 10.2. The quantitative estimate of drug-likeness (QED) is 0.769. The van der Waals surface area contributed by atoms with E-state index in [-0.39, 0.29) is 13.0 Å². The van der Waals surface area contributed by atoms with Crippen molar-refractivity contribution in [3.63, 3.8) is 0 Å². The molecule has 0 radical (unpaired) electrons. The fourth-order valence-electron chi connectivity index (χ4n) is 1.24. The van der Waals surface area contributed by atoms with Crippen LogP contribution in [0.1, 0.15) is 6.42 Å². The van der Waals surface area contributed by atoms with Crippen LogP contribution in [0.5, 0.6) is 0 Å². The highest BCUT2D eigenvalue weighted by molar-refractivity contribution is 6.05. The number of aliphatic carboxylic acids is 1. The van der Waals surface area contributed by atoms with Gasteiger partial charge in [-0.25, -0.2) is 0 Å². The fourth-order valence-corrected chi connectivity index (χ4v) is 1.24. The first kappa shape index (κ1) is 11.8. The molecule has 0 saturated heterocycles. The molecule has 0 fully saturated rings. The molecule has 0 aliphatic carbocycles. The van der Waals surface area contributed by atoms with E-state index >= 15 is 0 Å². The second-order valence-corrected chi connectivity index (χ2v) is 3.08. The van der Waals surface area contributed by atoms with Gasteiger partial charge in [-0.15, -0.1) is 6.42 Å². The van der Waals surface area contributed by atoms with Crippen molar-refractivity contribution >= 4 is 17.6 Å². The number of amides is 1. The molecule has 0 aliphatic rings. The molecule has 0 bridgehead atoms. The molecule has 1 amide bonds. The molecule has 82 valence electrons. The van der Waals surface area contributed by atoms with Gasteiger partial charge in [0.05, 0.1) is 6.42 Å². The number of carboxylic acids is 1. The molecule has 0 spiro atoms. The van der Waals surface area contributed by atoms with Gasteiger partial charge in [0.1, 0.15) is 0 Å². The minimum absolute atomic E-state index is 0.0718. The first-order valence-corrected chi connectivity index (χ1v) is 4.70. The van der Waals surface area contributed by atoms with Crippen molar-refractivity contribution < 1.29 is 14.7 Å². The van der Waals surface area contributed by atoms with Crippen LogP contribution in [0.2, 0.25) is 0 Å². The number of hydrogen-bond acceptors (Lipinski definition) is 2. The highest BCUT2D eigenvalue weighted by atomic mass is 16.4. The Balaban J connectivity index is 2.85. The van der Waals surface area contributed by atoms with Gasteiger partial charge in [0.15, 0.2) is 0 Å². The first-order valence-electron chi connectivity index (χ1n) is 4.70. The summed E-state index contributed by atoms with van der Waals surface area (Å²) in [6.45, 7) is 0.0718. The topological polar surface area (TPSA) is 57.6 Å². The van der Waals surface area contributed by atoms with Gasteiger partial charge in [-0.2, -0.15) is 0 Å². The van der Waals surface area contributed by atoms with Gasteiger partial charge in [0.2, 0.25) is 0 Å². The molecule has 4 heteroatoms. The van der Waals surface area contributed by atoms with E-state index in [0.717, 1.165) is 0 Å². The van der Waals surface area contributed by atoms with Gasteiger partial charge in [0, 0.05) is 12.2 Å². The molecule has 0 unspecified atom stereocenters. The number of carbonyl (C=O) groups excluding carboxylic acids is 1. The summed E-state index contributed by atoms with van der Waals surface area (Å²) in [5, 5.41) is 8.57. The largest absolute Gasteiger partial charge is 0.481 e. The van der Waals surface area contributed by atoms with Crippen LogP contribution in [0, 0.1) is 12.3 Å². The number of hydrogen-bond donors (Lipinski definition) is 1. The van der Waals surface area contributed by atoms with Gasteiger partial charge in [-0.3, -0.25) is 9.59 Å². The molecule has 1 N–H and O–H groups in total. The van der Waals surface area contributed by atoms with E-state index < -0.39 is 11.9 Å². The van der Waals surface area contributed by atoms with E-state index in [4.69, 9.17) is 11.5 Å². The molecular formula is C12H11NO3. The van der Waals surface area contributed by atoms with E-state index in [2.05, 4.69) is 0 Å². The third-order valence-electron chi connectivity index (χ3n) is 1.99. The molecule has 0 atom stereocenters. The number of carboxylic acid groups (broad SMARTS) is 1. The molecule has 1 aromatic carbocycles. The van der Waals surface area contributed by atoms with E-state index in [1.165, 1.54) is 4.90 Å². The molecule has 4 nitrogen and oxygen atoms in total. The fraction of sp³-hybridized carbons (Fsp3) is 0.167. The number of carbonyl (C=O) groups is 2. The Kier molecular flexibility index (Phi) is 4.10. The number of anilines is 1.